The van der Waals surface area contributed by atoms with Gasteiger partial charge in [0, 0.05) is 18.2 Å². The topological polar surface area (TPSA) is 76.4 Å². The molecule has 0 bridgehead atoms. The third-order valence-corrected chi connectivity index (χ3v) is 4.02. The van der Waals surface area contributed by atoms with Crippen LogP contribution in [0.1, 0.15) is 25.7 Å². The van der Waals surface area contributed by atoms with Crippen molar-refractivity contribution in [2.45, 2.75) is 44.1 Å². The summed E-state index contributed by atoms with van der Waals surface area (Å²) in [4.78, 5) is 10.2. The van der Waals surface area contributed by atoms with Crippen molar-refractivity contribution >= 4 is 28.7 Å². The zero-order valence-corrected chi connectivity index (χ0v) is 14.3. The second kappa shape index (κ2) is 8.47. The Bertz CT molecular complexity index is 670. The SMILES string of the molecule is O=[N+]([O-])c1cc(NC(=S)NC2CCCC2)cc(OCC(F)(F)C(F)F)c1. The maximum absolute atomic E-state index is 13.0. The molecule has 0 spiro atoms. The monoisotopic (exact) mass is 395 g/mol. The van der Waals surface area contributed by atoms with Crippen LogP contribution in [0.5, 0.6) is 5.75 Å². The molecule has 1 aliphatic rings. The van der Waals surface area contributed by atoms with Crippen LogP contribution in [-0.2, 0) is 0 Å². The van der Waals surface area contributed by atoms with Gasteiger partial charge in [0.25, 0.3) is 5.69 Å². The van der Waals surface area contributed by atoms with E-state index < -0.39 is 29.6 Å². The van der Waals surface area contributed by atoms with E-state index in [9.17, 15) is 27.7 Å². The second-order valence-corrected chi connectivity index (χ2v) is 6.31. The predicted octanol–water partition coefficient (Wildman–Crippen LogP) is 4.10. The van der Waals surface area contributed by atoms with Gasteiger partial charge in [-0.05, 0) is 25.1 Å². The minimum atomic E-state index is -4.36. The van der Waals surface area contributed by atoms with E-state index in [-0.39, 0.29) is 22.6 Å². The van der Waals surface area contributed by atoms with E-state index in [0.29, 0.717) is 0 Å². The standard InChI is InChI=1S/C15H17F4N3O3S/c16-13(17)15(18,19)8-25-12-6-10(5-11(7-12)22(23)24)21-14(26)20-9-3-1-2-4-9/h5-7,9,13H,1-4,8H2,(H2,20,21,26). The van der Waals surface area contributed by atoms with Crippen LogP contribution < -0.4 is 15.4 Å². The number of hydrogen-bond donors (Lipinski definition) is 2. The lowest BCUT2D eigenvalue weighted by Gasteiger charge is -2.18. The van der Waals surface area contributed by atoms with Gasteiger partial charge in [0.2, 0.25) is 0 Å². The molecular weight excluding hydrogens is 378 g/mol. The summed E-state index contributed by atoms with van der Waals surface area (Å²) in [6.45, 7) is -1.60. The first-order valence-electron chi connectivity index (χ1n) is 7.83. The summed E-state index contributed by atoms with van der Waals surface area (Å²) in [6.07, 6.45) is 0.157. The number of rotatable bonds is 7. The van der Waals surface area contributed by atoms with Crippen molar-refractivity contribution in [3.05, 3.63) is 28.3 Å². The maximum atomic E-state index is 13.0. The van der Waals surface area contributed by atoms with Gasteiger partial charge in [-0.25, -0.2) is 8.78 Å². The molecule has 0 aliphatic heterocycles. The van der Waals surface area contributed by atoms with Crippen molar-refractivity contribution in [3.63, 3.8) is 0 Å². The quantitative estimate of drug-likeness (QED) is 0.313. The van der Waals surface area contributed by atoms with E-state index >= 15 is 0 Å². The Morgan fingerprint density at radius 2 is 2.00 bits per heavy atom. The highest BCUT2D eigenvalue weighted by Gasteiger charge is 2.41. The Kier molecular flexibility index (Phi) is 6.57. The zero-order valence-electron chi connectivity index (χ0n) is 13.5. The number of ether oxygens (including phenoxy) is 1. The number of halogens is 4. The van der Waals surface area contributed by atoms with E-state index in [1.165, 1.54) is 6.07 Å². The molecule has 0 heterocycles. The van der Waals surface area contributed by atoms with Crippen molar-refractivity contribution in [2.24, 2.45) is 0 Å². The van der Waals surface area contributed by atoms with Crippen LogP contribution in [0.15, 0.2) is 18.2 Å². The minimum absolute atomic E-state index is 0.130. The Labute approximate surface area is 152 Å². The number of anilines is 1. The third-order valence-electron chi connectivity index (χ3n) is 3.80. The second-order valence-electron chi connectivity index (χ2n) is 5.90. The van der Waals surface area contributed by atoms with Crippen LogP contribution in [0.4, 0.5) is 28.9 Å². The molecule has 26 heavy (non-hydrogen) atoms. The van der Waals surface area contributed by atoms with Crippen molar-refractivity contribution in [3.8, 4) is 5.75 Å². The average molecular weight is 395 g/mol. The molecule has 1 saturated carbocycles. The average Bonchev–Trinajstić information content (AvgIpc) is 3.05. The number of hydrogen-bond acceptors (Lipinski definition) is 4. The molecule has 11 heteroatoms. The predicted molar refractivity (Wildman–Crippen MR) is 91.2 cm³/mol. The van der Waals surface area contributed by atoms with Gasteiger partial charge in [-0.15, -0.1) is 0 Å². The fraction of sp³-hybridized carbons (Fsp3) is 0.533. The summed E-state index contributed by atoms with van der Waals surface area (Å²) >= 11 is 5.13. The summed E-state index contributed by atoms with van der Waals surface area (Å²) in [5.74, 6) is -4.71. The Balaban J connectivity index is 2.09. The van der Waals surface area contributed by atoms with Gasteiger partial charge in [-0.2, -0.15) is 8.78 Å². The molecule has 1 aromatic carbocycles. The summed E-state index contributed by atoms with van der Waals surface area (Å²) < 4.78 is 55.0. The number of alkyl halides is 4. The van der Waals surface area contributed by atoms with Crippen molar-refractivity contribution in [2.75, 3.05) is 11.9 Å². The highest BCUT2D eigenvalue weighted by Crippen LogP contribution is 2.29. The number of non-ortho nitro benzene ring substituents is 1. The zero-order chi connectivity index (χ0) is 19.3. The lowest BCUT2D eigenvalue weighted by Crippen LogP contribution is -2.36. The fourth-order valence-corrected chi connectivity index (χ4v) is 2.79. The molecule has 0 atom stereocenters. The number of benzene rings is 1. The number of nitrogens with one attached hydrogen (secondary N) is 2. The molecular formula is C15H17F4N3O3S. The Morgan fingerprint density at radius 1 is 1.35 bits per heavy atom. The molecule has 0 saturated heterocycles. The summed E-state index contributed by atoms with van der Waals surface area (Å²) in [7, 11) is 0. The lowest BCUT2D eigenvalue weighted by molar-refractivity contribution is -0.384. The van der Waals surface area contributed by atoms with Crippen LogP contribution in [0.2, 0.25) is 0 Å². The smallest absolute Gasteiger partial charge is 0.340 e. The van der Waals surface area contributed by atoms with Crippen molar-refractivity contribution in [1.82, 2.24) is 5.32 Å². The molecule has 0 radical (unpaired) electrons. The molecule has 1 aliphatic carbocycles. The molecule has 2 N–H and O–H groups in total. The van der Waals surface area contributed by atoms with E-state index in [1.807, 2.05) is 0 Å². The summed E-state index contributed by atoms with van der Waals surface area (Å²) in [5.41, 5.74) is -0.320. The van der Waals surface area contributed by atoms with Gasteiger partial charge in [0.15, 0.2) is 11.7 Å². The van der Waals surface area contributed by atoms with Gasteiger partial charge in [0.05, 0.1) is 16.7 Å². The minimum Gasteiger partial charge on any atom is -0.487 e. The molecule has 1 fully saturated rings. The highest BCUT2D eigenvalue weighted by atomic mass is 32.1. The normalized spacial score (nSPS) is 15.1. The van der Waals surface area contributed by atoms with E-state index in [0.717, 1.165) is 37.8 Å². The molecule has 1 aromatic rings. The first-order valence-corrected chi connectivity index (χ1v) is 8.24. The summed E-state index contributed by atoms with van der Waals surface area (Å²) in [6, 6.07) is 3.40. The first-order chi connectivity index (χ1) is 12.2. The number of nitro benzene ring substituents is 1. The lowest BCUT2D eigenvalue weighted by atomic mass is 10.2. The van der Waals surface area contributed by atoms with Gasteiger partial charge >= 0.3 is 12.3 Å². The van der Waals surface area contributed by atoms with E-state index in [4.69, 9.17) is 12.2 Å². The van der Waals surface area contributed by atoms with Crippen LogP contribution in [0, 0.1) is 10.1 Å². The largest absolute Gasteiger partial charge is 0.487 e. The molecule has 6 nitrogen and oxygen atoms in total. The molecule has 0 unspecified atom stereocenters. The molecule has 144 valence electrons. The number of nitro groups is 1. The maximum Gasteiger partial charge on any atom is 0.340 e. The van der Waals surface area contributed by atoms with Gasteiger partial charge < -0.3 is 15.4 Å². The Morgan fingerprint density at radius 3 is 2.58 bits per heavy atom. The molecule has 2 rings (SSSR count). The third kappa shape index (κ3) is 5.68. The van der Waals surface area contributed by atoms with Crippen LogP contribution in [0.3, 0.4) is 0 Å². The highest BCUT2D eigenvalue weighted by molar-refractivity contribution is 7.80. The van der Waals surface area contributed by atoms with Gasteiger partial charge in [0.1, 0.15) is 5.75 Å². The summed E-state index contributed by atoms with van der Waals surface area (Å²) in [5, 5.41) is 17.0. The van der Waals surface area contributed by atoms with Crippen LogP contribution in [-0.4, -0.2) is 35.0 Å². The van der Waals surface area contributed by atoms with Gasteiger partial charge in [-0.3, -0.25) is 10.1 Å². The van der Waals surface area contributed by atoms with Crippen molar-refractivity contribution < 1.29 is 27.2 Å². The molecule has 0 amide bonds. The number of nitrogens with zero attached hydrogens (tertiary/aromatic N) is 1. The van der Waals surface area contributed by atoms with Crippen LogP contribution in [0.25, 0.3) is 0 Å². The van der Waals surface area contributed by atoms with Crippen molar-refractivity contribution in [1.29, 1.82) is 0 Å². The first kappa shape index (κ1) is 20.1. The molecule has 0 aromatic heterocycles. The number of thiocarbonyl (C=S) groups is 1. The van der Waals surface area contributed by atoms with Crippen LogP contribution >= 0.6 is 12.2 Å². The van der Waals surface area contributed by atoms with E-state index in [1.54, 1.807) is 0 Å². The van der Waals surface area contributed by atoms with E-state index in [2.05, 4.69) is 15.4 Å². The van der Waals surface area contributed by atoms with Gasteiger partial charge in [-0.1, -0.05) is 12.8 Å². The Hall–Kier alpha value is -2.17. The fourth-order valence-electron chi connectivity index (χ4n) is 2.51.